The summed E-state index contributed by atoms with van der Waals surface area (Å²) in [5, 5.41) is 8.27. The summed E-state index contributed by atoms with van der Waals surface area (Å²) in [4.78, 5) is 31.6. The number of fused-ring (bicyclic) bond motifs is 2. The van der Waals surface area contributed by atoms with Gasteiger partial charge in [0.15, 0.2) is 5.82 Å². The molecule has 9 nitrogen and oxygen atoms in total. The Hall–Kier alpha value is -4.38. The molecule has 1 saturated heterocycles. The molecular formula is C31H30ClFN8O. The number of aromatic nitrogens is 3. The second-order valence-corrected chi connectivity index (χ2v) is 11.0. The molecule has 3 aromatic carbocycles. The van der Waals surface area contributed by atoms with Gasteiger partial charge in [-0.15, -0.1) is 0 Å². The van der Waals surface area contributed by atoms with E-state index in [2.05, 4.69) is 42.4 Å². The standard InChI is InChI=1S/C31H30ClFN8O/c1-18-6-7-21-20(8-9-35-30(21)38-25-5-3-4-24(32)26(25)33)27(18)39-31(42)23-15-19(16-41-12-10-40(2)11-13-41)14-22-28(23)36-17-37-29(22)34/h3-9,14-15,17H,10-13,16H2,1-2H3,(H,35,38)(H,39,42)(H2,34,36,37). The molecule has 214 valence electrons. The number of piperazine rings is 1. The van der Waals surface area contributed by atoms with Crippen molar-refractivity contribution in [1.82, 2.24) is 24.8 Å². The first-order chi connectivity index (χ1) is 20.3. The molecule has 0 aliphatic carbocycles. The van der Waals surface area contributed by atoms with Gasteiger partial charge >= 0.3 is 0 Å². The van der Waals surface area contributed by atoms with Gasteiger partial charge in [-0.25, -0.2) is 19.3 Å². The predicted molar refractivity (Wildman–Crippen MR) is 166 cm³/mol. The van der Waals surface area contributed by atoms with Crippen LogP contribution in [0.2, 0.25) is 5.02 Å². The van der Waals surface area contributed by atoms with Crippen molar-refractivity contribution in [3.05, 3.63) is 88.6 Å². The minimum absolute atomic E-state index is 0.00978. The second kappa shape index (κ2) is 11.5. The quantitative estimate of drug-likeness (QED) is 0.236. The zero-order valence-corrected chi connectivity index (χ0v) is 24.0. The molecule has 0 atom stereocenters. The Balaban J connectivity index is 1.37. The van der Waals surface area contributed by atoms with Gasteiger partial charge in [0, 0.05) is 55.1 Å². The summed E-state index contributed by atoms with van der Waals surface area (Å²) in [6.07, 6.45) is 2.98. The topological polar surface area (TPSA) is 112 Å². The largest absolute Gasteiger partial charge is 0.383 e. The molecule has 0 radical (unpaired) electrons. The highest BCUT2D eigenvalue weighted by atomic mass is 35.5. The maximum atomic E-state index is 14.6. The molecule has 6 rings (SSSR count). The SMILES string of the molecule is Cc1ccc2c(Nc3cccc(Cl)c3F)nccc2c1NC(=O)c1cc(CN2CCN(C)CC2)cc2c(N)ncnc12. The average Bonchev–Trinajstić information content (AvgIpc) is 2.98. The summed E-state index contributed by atoms with van der Waals surface area (Å²) in [6.45, 7) is 6.46. The number of hydrogen-bond donors (Lipinski definition) is 3. The van der Waals surface area contributed by atoms with Gasteiger partial charge in [-0.2, -0.15) is 0 Å². The third-order valence-corrected chi connectivity index (χ3v) is 7.96. The van der Waals surface area contributed by atoms with E-state index in [-0.39, 0.29) is 16.6 Å². The van der Waals surface area contributed by atoms with Crippen molar-refractivity contribution in [3.63, 3.8) is 0 Å². The molecule has 11 heteroatoms. The molecule has 0 spiro atoms. The van der Waals surface area contributed by atoms with Gasteiger partial charge in [-0.3, -0.25) is 9.69 Å². The fourth-order valence-electron chi connectivity index (χ4n) is 5.31. The molecule has 3 heterocycles. The summed E-state index contributed by atoms with van der Waals surface area (Å²) in [7, 11) is 2.12. The number of likely N-dealkylation sites (N-methyl/N-ethyl adjacent to an activating group) is 1. The number of amides is 1. The maximum Gasteiger partial charge on any atom is 0.257 e. The Morgan fingerprint density at radius 2 is 1.83 bits per heavy atom. The Kier molecular flexibility index (Phi) is 7.59. The number of hydrogen-bond acceptors (Lipinski definition) is 8. The molecule has 0 bridgehead atoms. The normalized spacial score (nSPS) is 14.4. The van der Waals surface area contributed by atoms with Gasteiger partial charge in [0.1, 0.15) is 18.0 Å². The highest BCUT2D eigenvalue weighted by Crippen LogP contribution is 2.34. The maximum absolute atomic E-state index is 14.6. The lowest BCUT2D eigenvalue weighted by Gasteiger charge is -2.32. The van der Waals surface area contributed by atoms with Crippen molar-refractivity contribution < 1.29 is 9.18 Å². The molecule has 42 heavy (non-hydrogen) atoms. The molecule has 4 N–H and O–H groups in total. The van der Waals surface area contributed by atoms with Crippen molar-refractivity contribution in [2.24, 2.45) is 0 Å². The summed E-state index contributed by atoms with van der Waals surface area (Å²) >= 11 is 5.98. The van der Waals surface area contributed by atoms with E-state index >= 15 is 0 Å². The monoisotopic (exact) mass is 584 g/mol. The van der Waals surface area contributed by atoms with E-state index in [1.807, 2.05) is 37.3 Å². The molecule has 1 aliphatic rings. The van der Waals surface area contributed by atoms with Crippen LogP contribution in [-0.4, -0.2) is 63.9 Å². The lowest BCUT2D eigenvalue weighted by molar-refractivity contribution is 0.102. The molecule has 1 amide bonds. The molecule has 0 unspecified atom stereocenters. The van der Waals surface area contributed by atoms with Gasteiger partial charge in [0.05, 0.1) is 27.5 Å². The molecule has 5 aromatic rings. The van der Waals surface area contributed by atoms with Gasteiger partial charge in [-0.1, -0.05) is 29.8 Å². The number of nitrogens with one attached hydrogen (secondary N) is 2. The van der Waals surface area contributed by atoms with E-state index in [0.717, 1.165) is 42.7 Å². The summed E-state index contributed by atoms with van der Waals surface area (Å²) in [5.74, 6) is -0.126. The first-order valence-electron chi connectivity index (χ1n) is 13.6. The Morgan fingerprint density at radius 3 is 2.64 bits per heavy atom. The Labute approximate surface area is 247 Å². The molecule has 1 fully saturated rings. The van der Waals surface area contributed by atoms with Crippen molar-refractivity contribution >= 4 is 62.2 Å². The number of carbonyl (C=O) groups excluding carboxylic acids is 1. The van der Waals surface area contributed by atoms with E-state index in [9.17, 15) is 9.18 Å². The third kappa shape index (κ3) is 5.44. The Bertz CT molecular complexity index is 1820. The van der Waals surface area contributed by atoms with E-state index in [0.29, 0.717) is 45.7 Å². The van der Waals surface area contributed by atoms with Crippen molar-refractivity contribution in [2.75, 3.05) is 49.6 Å². The summed E-state index contributed by atoms with van der Waals surface area (Å²) in [6, 6.07) is 14.2. The highest BCUT2D eigenvalue weighted by Gasteiger charge is 2.20. The van der Waals surface area contributed by atoms with Crippen LogP contribution >= 0.6 is 11.6 Å². The number of aryl methyl sites for hydroxylation is 1. The van der Waals surface area contributed by atoms with Gasteiger partial charge < -0.3 is 21.3 Å². The van der Waals surface area contributed by atoms with Crippen molar-refractivity contribution in [1.29, 1.82) is 0 Å². The van der Waals surface area contributed by atoms with Crippen LogP contribution < -0.4 is 16.4 Å². The van der Waals surface area contributed by atoms with Gasteiger partial charge in [0.2, 0.25) is 0 Å². The fraction of sp³-hybridized carbons (Fsp3) is 0.226. The van der Waals surface area contributed by atoms with Crippen LogP contribution in [0.1, 0.15) is 21.5 Å². The average molecular weight is 585 g/mol. The lowest BCUT2D eigenvalue weighted by atomic mass is 10.0. The zero-order valence-electron chi connectivity index (χ0n) is 23.3. The third-order valence-electron chi connectivity index (χ3n) is 7.67. The minimum Gasteiger partial charge on any atom is -0.383 e. The van der Waals surface area contributed by atoms with Gasteiger partial charge in [-0.05, 0) is 55.4 Å². The van der Waals surface area contributed by atoms with Crippen molar-refractivity contribution in [3.8, 4) is 0 Å². The van der Waals surface area contributed by atoms with Crippen LogP contribution in [0.4, 0.5) is 27.4 Å². The lowest BCUT2D eigenvalue weighted by Crippen LogP contribution is -2.43. The van der Waals surface area contributed by atoms with Crippen LogP contribution in [0, 0.1) is 12.7 Å². The van der Waals surface area contributed by atoms with E-state index in [1.54, 1.807) is 18.3 Å². The van der Waals surface area contributed by atoms with Crippen LogP contribution in [0.3, 0.4) is 0 Å². The minimum atomic E-state index is -0.566. The summed E-state index contributed by atoms with van der Waals surface area (Å²) < 4.78 is 14.6. The molecule has 2 aromatic heterocycles. The number of nitrogen functional groups attached to an aromatic ring is 1. The molecule has 0 saturated carbocycles. The number of anilines is 4. The van der Waals surface area contributed by atoms with E-state index in [4.69, 9.17) is 17.3 Å². The second-order valence-electron chi connectivity index (χ2n) is 10.6. The zero-order chi connectivity index (χ0) is 29.4. The number of pyridine rings is 1. The first kappa shape index (κ1) is 27.8. The first-order valence-corrected chi connectivity index (χ1v) is 14.0. The Morgan fingerprint density at radius 1 is 1.02 bits per heavy atom. The van der Waals surface area contributed by atoms with E-state index < -0.39 is 5.82 Å². The van der Waals surface area contributed by atoms with Crippen LogP contribution in [0.15, 0.2) is 61.1 Å². The van der Waals surface area contributed by atoms with E-state index in [1.165, 1.54) is 12.4 Å². The number of nitrogens with zero attached hydrogens (tertiary/aromatic N) is 5. The fourth-order valence-corrected chi connectivity index (χ4v) is 5.49. The van der Waals surface area contributed by atoms with Crippen LogP contribution in [-0.2, 0) is 6.54 Å². The van der Waals surface area contributed by atoms with Crippen LogP contribution in [0.5, 0.6) is 0 Å². The summed E-state index contributed by atoms with van der Waals surface area (Å²) in [5.41, 5.74) is 9.79. The van der Waals surface area contributed by atoms with Gasteiger partial charge in [0.25, 0.3) is 5.91 Å². The number of carbonyl (C=O) groups is 1. The predicted octanol–water partition coefficient (Wildman–Crippen LogP) is 5.60. The number of nitrogens with two attached hydrogens (primary N) is 1. The molecular weight excluding hydrogens is 555 g/mol. The number of benzene rings is 3. The highest BCUT2D eigenvalue weighted by molar-refractivity contribution is 6.31. The number of halogens is 2. The number of rotatable bonds is 6. The smallest absolute Gasteiger partial charge is 0.257 e. The van der Waals surface area contributed by atoms with Crippen LogP contribution in [0.25, 0.3) is 21.7 Å². The van der Waals surface area contributed by atoms with Crippen molar-refractivity contribution in [2.45, 2.75) is 13.5 Å². The molecule has 1 aliphatic heterocycles.